The molecule has 10 heteroatoms. The van der Waals surface area contributed by atoms with Gasteiger partial charge in [0.1, 0.15) is 11.9 Å². The lowest BCUT2D eigenvalue weighted by Gasteiger charge is -2.35. The Kier molecular flexibility index (Phi) is 4.91. The maximum absolute atomic E-state index is 14.1. The van der Waals surface area contributed by atoms with Crippen LogP contribution in [0.25, 0.3) is 10.9 Å². The summed E-state index contributed by atoms with van der Waals surface area (Å²) in [7, 11) is 3.77. The lowest BCUT2D eigenvalue weighted by molar-refractivity contribution is 0.622. The molecular formula is C21H18Cl2FN7. The van der Waals surface area contributed by atoms with E-state index in [1.165, 1.54) is 6.07 Å². The predicted octanol–water partition coefficient (Wildman–Crippen LogP) is 4.41. The van der Waals surface area contributed by atoms with Gasteiger partial charge in [0.15, 0.2) is 0 Å². The van der Waals surface area contributed by atoms with Crippen molar-refractivity contribution in [2.45, 2.75) is 12.5 Å². The number of nitrogens with zero attached hydrogens (tertiary/aromatic N) is 6. The van der Waals surface area contributed by atoms with Crippen molar-refractivity contribution in [1.82, 2.24) is 24.9 Å². The first-order valence-electron chi connectivity index (χ1n) is 9.65. The molecule has 0 saturated carbocycles. The highest BCUT2D eigenvalue weighted by molar-refractivity contribution is 6.31. The molecule has 0 aliphatic carbocycles. The third-order valence-corrected chi connectivity index (χ3v) is 5.89. The van der Waals surface area contributed by atoms with Crippen molar-refractivity contribution in [2.24, 2.45) is 0 Å². The highest BCUT2D eigenvalue weighted by atomic mass is 35.5. The summed E-state index contributed by atoms with van der Waals surface area (Å²) < 4.78 is 14.1. The average molecular weight is 458 g/mol. The first kappa shape index (κ1) is 20.0. The molecule has 4 aromatic rings. The van der Waals surface area contributed by atoms with E-state index in [1.54, 1.807) is 30.9 Å². The zero-order valence-electron chi connectivity index (χ0n) is 16.8. The van der Waals surface area contributed by atoms with E-state index in [1.807, 2.05) is 19.0 Å². The lowest BCUT2D eigenvalue weighted by atomic mass is 9.94. The molecule has 158 valence electrons. The van der Waals surface area contributed by atoms with Crippen LogP contribution in [0.2, 0.25) is 10.0 Å². The van der Waals surface area contributed by atoms with Crippen molar-refractivity contribution in [3.05, 3.63) is 69.6 Å². The van der Waals surface area contributed by atoms with Gasteiger partial charge >= 0.3 is 0 Å². The molecule has 0 bridgehead atoms. The first-order chi connectivity index (χ1) is 14.9. The lowest BCUT2D eigenvalue weighted by Crippen LogP contribution is -2.37. The van der Waals surface area contributed by atoms with Gasteiger partial charge in [0.25, 0.3) is 0 Å². The molecule has 31 heavy (non-hydrogen) atoms. The Hall–Kier alpha value is -2.97. The molecule has 0 fully saturated rings. The second kappa shape index (κ2) is 7.62. The number of aromatic amines is 1. The molecule has 3 aromatic heterocycles. The number of aromatic nitrogens is 5. The summed E-state index contributed by atoms with van der Waals surface area (Å²) >= 11 is 12.1. The van der Waals surface area contributed by atoms with E-state index < -0.39 is 5.82 Å². The number of halogens is 3. The standard InChI is InChI=1S/C21H18Cl2FN7/c1-30(2)20-25-7-11(8-26-20)19-18-13(14-5-15(23)16(24)6-17(14)29-18)3-4-31(19)21-27-9-12(22)10-28-21/h5-10,19,29H,3-4H2,1-2H3. The van der Waals surface area contributed by atoms with E-state index in [4.69, 9.17) is 23.2 Å². The van der Waals surface area contributed by atoms with E-state index in [-0.39, 0.29) is 11.1 Å². The van der Waals surface area contributed by atoms with Gasteiger partial charge in [-0.05, 0) is 24.1 Å². The Morgan fingerprint density at radius 2 is 1.77 bits per heavy atom. The zero-order chi connectivity index (χ0) is 21.7. The quantitative estimate of drug-likeness (QED) is 0.490. The summed E-state index contributed by atoms with van der Waals surface area (Å²) in [6, 6.07) is 2.83. The number of nitrogens with one attached hydrogen (secondary N) is 1. The monoisotopic (exact) mass is 457 g/mol. The third-order valence-electron chi connectivity index (χ3n) is 5.41. The number of hydrogen-bond donors (Lipinski definition) is 1. The fourth-order valence-electron chi connectivity index (χ4n) is 4.00. The zero-order valence-corrected chi connectivity index (χ0v) is 18.3. The summed E-state index contributed by atoms with van der Waals surface area (Å²) in [5, 5.41) is 1.48. The number of benzene rings is 1. The Bertz CT molecular complexity index is 1260. The van der Waals surface area contributed by atoms with Gasteiger partial charge in [0, 0.05) is 55.2 Å². The molecule has 1 unspecified atom stereocenters. The van der Waals surface area contributed by atoms with E-state index >= 15 is 0 Å². The molecule has 1 aromatic carbocycles. The molecule has 0 spiro atoms. The third kappa shape index (κ3) is 3.45. The van der Waals surface area contributed by atoms with Crippen LogP contribution in [0.1, 0.15) is 22.9 Å². The summed E-state index contributed by atoms with van der Waals surface area (Å²) in [6.45, 7) is 0.649. The van der Waals surface area contributed by atoms with Crippen LogP contribution in [0.4, 0.5) is 16.3 Å². The van der Waals surface area contributed by atoms with Crippen LogP contribution in [-0.4, -0.2) is 45.6 Å². The average Bonchev–Trinajstić information content (AvgIpc) is 3.11. The predicted molar refractivity (Wildman–Crippen MR) is 120 cm³/mol. The first-order valence-corrected chi connectivity index (χ1v) is 10.4. The van der Waals surface area contributed by atoms with Crippen LogP contribution in [0.3, 0.4) is 0 Å². The highest BCUT2D eigenvalue weighted by Gasteiger charge is 2.34. The number of H-pyrrole nitrogens is 1. The minimum absolute atomic E-state index is 0.105. The second-order valence-electron chi connectivity index (χ2n) is 7.59. The van der Waals surface area contributed by atoms with Crippen molar-refractivity contribution in [2.75, 3.05) is 30.4 Å². The molecule has 1 aliphatic heterocycles. The number of rotatable bonds is 3. The maximum Gasteiger partial charge on any atom is 0.226 e. The molecule has 7 nitrogen and oxygen atoms in total. The van der Waals surface area contributed by atoms with Crippen molar-refractivity contribution >= 4 is 46.0 Å². The largest absolute Gasteiger partial charge is 0.356 e. The number of anilines is 2. The minimum Gasteiger partial charge on any atom is -0.356 e. The van der Waals surface area contributed by atoms with Gasteiger partial charge in [-0.3, -0.25) is 0 Å². The van der Waals surface area contributed by atoms with Crippen LogP contribution >= 0.6 is 23.2 Å². The van der Waals surface area contributed by atoms with E-state index in [2.05, 4.69) is 29.8 Å². The molecule has 1 N–H and O–H groups in total. The fraction of sp³-hybridized carbons (Fsp3) is 0.238. The second-order valence-corrected chi connectivity index (χ2v) is 8.43. The van der Waals surface area contributed by atoms with Crippen molar-refractivity contribution in [3.8, 4) is 0 Å². The molecule has 4 heterocycles. The number of fused-ring (bicyclic) bond motifs is 3. The van der Waals surface area contributed by atoms with Gasteiger partial charge in [-0.25, -0.2) is 24.3 Å². The Labute approximate surface area is 187 Å². The van der Waals surface area contributed by atoms with Crippen LogP contribution in [-0.2, 0) is 6.42 Å². The summed E-state index contributed by atoms with van der Waals surface area (Å²) in [5.41, 5.74) is 3.57. The van der Waals surface area contributed by atoms with E-state index in [9.17, 15) is 4.39 Å². The van der Waals surface area contributed by atoms with Crippen LogP contribution in [0, 0.1) is 5.82 Å². The maximum atomic E-state index is 14.1. The van der Waals surface area contributed by atoms with Crippen LogP contribution in [0.5, 0.6) is 0 Å². The van der Waals surface area contributed by atoms with Crippen LogP contribution < -0.4 is 9.80 Å². The molecule has 0 saturated heterocycles. The van der Waals surface area contributed by atoms with Gasteiger partial charge < -0.3 is 14.8 Å². The topological polar surface area (TPSA) is 73.8 Å². The van der Waals surface area contributed by atoms with Gasteiger partial charge in [-0.2, -0.15) is 0 Å². The summed E-state index contributed by atoms with van der Waals surface area (Å²) in [6.07, 6.45) is 7.45. The van der Waals surface area contributed by atoms with E-state index in [0.717, 1.165) is 28.6 Å². The van der Waals surface area contributed by atoms with Crippen molar-refractivity contribution < 1.29 is 4.39 Å². The van der Waals surface area contributed by atoms with Crippen molar-refractivity contribution in [3.63, 3.8) is 0 Å². The van der Waals surface area contributed by atoms with Crippen LogP contribution in [0.15, 0.2) is 36.9 Å². The normalized spacial score (nSPS) is 15.9. The SMILES string of the molecule is CN(C)c1ncc(C2c3[nH]c4cc(F)c(Cl)cc4c3CCN2c2ncc(Cl)cn2)cn1. The molecule has 0 radical (unpaired) electrons. The van der Waals surface area contributed by atoms with E-state index in [0.29, 0.717) is 29.0 Å². The van der Waals surface area contributed by atoms with Gasteiger partial charge in [0.2, 0.25) is 11.9 Å². The Morgan fingerprint density at radius 3 is 2.45 bits per heavy atom. The minimum atomic E-state index is -0.458. The van der Waals surface area contributed by atoms with Gasteiger partial charge in [-0.15, -0.1) is 0 Å². The molecule has 5 rings (SSSR count). The smallest absolute Gasteiger partial charge is 0.226 e. The highest BCUT2D eigenvalue weighted by Crippen LogP contribution is 2.40. The Balaban J connectivity index is 1.69. The fourth-order valence-corrected chi connectivity index (χ4v) is 4.27. The molecule has 0 amide bonds. The van der Waals surface area contributed by atoms with Crippen molar-refractivity contribution in [1.29, 1.82) is 0 Å². The molecule has 1 atom stereocenters. The Morgan fingerprint density at radius 1 is 1.06 bits per heavy atom. The van der Waals surface area contributed by atoms with Gasteiger partial charge in [0.05, 0.1) is 22.4 Å². The summed E-state index contributed by atoms with van der Waals surface area (Å²) in [4.78, 5) is 25.1. The molecular weight excluding hydrogens is 440 g/mol. The van der Waals surface area contributed by atoms with Gasteiger partial charge in [-0.1, -0.05) is 23.2 Å². The molecule has 1 aliphatic rings. The number of hydrogen-bond acceptors (Lipinski definition) is 6. The summed E-state index contributed by atoms with van der Waals surface area (Å²) in [5.74, 6) is 0.694.